The minimum Gasteiger partial charge on any atom is -0.487 e. The topological polar surface area (TPSA) is 41.6 Å². The number of carbonyl (C=O) groups is 1. The lowest BCUT2D eigenvalue weighted by molar-refractivity contribution is -0.120. The smallest absolute Gasteiger partial charge is 0.224 e. The maximum Gasteiger partial charge on any atom is 0.224 e. The number of fused-ring (bicyclic) bond motifs is 1. The first kappa shape index (κ1) is 17.3. The molecular formula is C21H26N2O2. The van der Waals surface area contributed by atoms with Crippen molar-refractivity contribution in [2.45, 2.75) is 38.8 Å². The third kappa shape index (κ3) is 4.32. The zero-order valence-electron chi connectivity index (χ0n) is 15.4. The third-order valence-electron chi connectivity index (χ3n) is 4.43. The number of hydrogen-bond acceptors (Lipinski definition) is 3. The van der Waals surface area contributed by atoms with Crippen LogP contribution in [0.5, 0.6) is 5.75 Å². The molecule has 4 heteroatoms. The molecule has 0 unspecified atom stereocenters. The van der Waals surface area contributed by atoms with E-state index in [4.69, 9.17) is 4.74 Å². The molecule has 0 bridgehead atoms. The van der Waals surface area contributed by atoms with E-state index in [1.807, 2.05) is 55.4 Å². The van der Waals surface area contributed by atoms with Gasteiger partial charge in [0.05, 0.1) is 6.42 Å². The van der Waals surface area contributed by atoms with Crippen LogP contribution in [0.3, 0.4) is 0 Å². The number of benzene rings is 2. The number of hydrogen-bond donors (Lipinski definition) is 1. The molecule has 1 heterocycles. The van der Waals surface area contributed by atoms with Gasteiger partial charge in [0.2, 0.25) is 5.91 Å². The molecule has 1 aliphatic rings. The summed E-state index contributed by atoms with van der Waals surface area (Å²) < 4.78 is 5.89. The molecule has 0 spiro atoms. The maximum atomic E-state index is 12.2. The lowest BCUT2D eigenvalue weighted by Gasteiger charge is -2.16. The van der Waals surface area contributed by atoms with Crippen LogP contribution in [0.4, 0.5) is 5.69 Å². The fourth-order valence-electron chi connectivity index (χ4n) is 3.13. The lowest BCUT2D eigenvalue weighted by Crippen LogP contribution is -2.25. The van der Waals surface area contributed by atoms with Gasteiger partial charge in [-0.2, -0.15) is 0 Å². The van der Waals surface area contributed by atoms with Crippen molar-refractivity contribution in [2.75, 3.05) is 19.0 Å². The van der Waals surface area contributed by atoms with Gasteiger partial charge in [0.1, 0.15) is 11.4 Å². The number of nitrogens with one attached hydrogen (secondary N) is 1. The van der Waals surface area contributed by atoms with Crippen molar-refractivity contribution in [3.05, 3.63) is 59.2 Å². The van der Waals surface area contributed by atoms with E-state index in [-0.39, 0.29) is 11.5 Å². The molecule has 1 amide bonds. The van der Waals surface area contributed by atoms with E-state index >= 15 is 0 Å². The minimum absolute atomic E-state index is 0.0367. The van der Waals surface area contributed by atoms with Gasteiger partial charge in [-0.05, 0) is 48.7 Å². The first-order valence-electron chi connectivity index (χ1n) is 8.66. The Balaban J connectivity index is 1.54. The first-order chi connectivity index (χ1) is 11.8. The van der Waals surface area contributed by atoms with Crippen molar-refractivity contribution in [1.29, 1.82) is 0 Å². The predicted molar refractivity (Wildman–Crippen MR) is 101 cm³/mol. The molecule has 25 heavy (non-hydrogen) atoms. The first-order valence-corrected chi connectivity index (χ1v) is 8.66. The van der Waals surface area contributed by atoms with Crippen molar-refractivity contribution in [2.24, 2.45) is 0 Å². The highest BCUT2D eigenvalue weighted by Gasteiger charge is 2.29. The standard InChI is InChI=1S/C21H26N2O2/c1-21(2)13-17-11-16(7-10-19(17)25-21)14-22-20(24)12-15-5-8-18(9-6-15)23(3)4/h5-11H,12-14H2,1-4H3,(H,22,24). The number of carbonyl (C=O) groups excluding carboxylic acids is 1. The van der Waals surface area contributed by atoms with Gasteiger partial charge < -0.3 is 15.0 Å². The Morgan fingerprint density at radius 1 is 1.12 bits per heavy atom. The van der Waals surface area contributed by atoms with E-state index in [0.717, 1.165) is 29.0 Å². The van der Waals surface area contributed by atoms with E-state index in [0.29, 0.717) is 13.0 Å². The van der Waals surface area contributed by atoms with Gasteiger partial charge >= 0.3 is 0 Å². The molecule has 0 saturated carbocycles. The highest BCUT2D eigenvalue weighted by atomic mass is 16.5. The number of ether oxygens (including phenoxy) is 1. The van der Waals surface area contributed by atoms with E-state index in [9.17, 15) is 4.79 Å². The largest absolute Gasteiger partial charge is 0.487 e. The van der Waals surface area contributed by atoms with E-state index < -0.39 is 0 Å². The van der Waals surface area contributed by atoms with Gasteiger partial charge in [0.25, 0.3) is 0 Å². The highest BCUT2D eigenvalue weighted by molar-refractivity contribution is 5.78. The monoisotopic (exact) mass is 338 g/mol. The maximum absolute atomic E-state index is 12.2. The molecule has 2 aromatic carbocycles. The second-order valence-corrected chi connectivity index (χ2v) is 7.49. The van der Waals surface area contributed by atoms with Gasteiger partial charge in [-0.25, -0.2) is 0 Å². The second-order valence-electron chi connectivity index (χ2n) is 7.49. The molecule has 1 N–H and O–H groups in total. The Morgan fingerprint density at radius 2 is 1.80 bits per heavy atom. The average Bonchev–Trinajstić information content (AvgIpc) is 2.86. The molecule has 0 aromatic heterocycles. The summed E-state index contributed by atoms with van der Waals surface area (Å²) in [6.45, 7) is 4.73. The summed E-state index contributed by atoms with van der Waals surface area (Å²) in [6, 6.07) is 14.2. The second kappa shape index (κ2) is 6.79. The summed E-state index contributed by atoms with van der Waals surface area (Å²) in [5.41, 5.74) is 4.34. The molecule has 0 saturated heterocycles. The van der Waals surface area contributed by atoms with E-state index in [1.54, 1.807) is 0 Å². The van der Waals surface area contributed by atoms with Gasteiger partial charge in [-0.1, -0.05) is 24.3 Å². The quantitative estimate of drug-likeness (QED) is 0.909. The fourth-order valence-corrected chi connectivity index (χ4v) is 3.13. The highest BCUT2D eigenvalue weighted by Crippen LogP contribution is 2.35. The Bertz CT molecular complexity index is 764. The third-order valence-corrected chi connectivity index (χ3v) is 4.43. The summed E-state index contributed by atoms with van der Waals surface area (Å²) >= 11 is 0. The SMILES string of the molecule is CN(C)c1ccc(CC(=O)NCc2ccc3c(c2)CC(C)(C)O3)cc1. The zero-order chi connectivity index (χ0) is 18.0. The van der Waals surface area contributed by atoms with Crippen molar-refractivity contribution in [3.63, 3.8) is 0 Å². The molecule has 4 nitrogen and oxygen atoms in total. The number of anilines is 1. The van der Waals surface area contributed by atoms with Crippen molar-refractivity contribution in [1.82, 2.24) is 5.32 Å². The fraction of sp³-hybridized carbons (Fsp3) is 0.381. The van der Waals surface area contributed by atoms with Crippen molar-refractivity contribution in [3.8, 4) is 5.75 Å². The number of rotatable bonds is 5. The van der Waals surface area contributed by atoms with Gasteiger partial charge in [0, 0.05) is 32.7 Å². The van der Waals surface area contributed by atoms with Crippen LogP contribution in [-0.2, 0) is 24.2 Å². The molecule has 0 aliphatic carbocycles. The molecule has 0 fully saturated rings. The number of nitrogens with zero attached hydrogens (tertiary/aromatic N) is 1. The van der Waals surface area contributed by atoms with Crippen LogP contribution in [-0.4, -0.2) is 25.6 Å². The Morgan fingerprint density at radius 3 is 2.48 bits per heavy atom. The molecule has 2 aromatic rings. The summed E-state index contributed by atoms with van der Waals surface area (Å²) in [4.78, 5) is 14.2. The molecule has 3 rings (SSSR count). The molecule has 0 atom stereocenters. The molecule has 132 valence electrons. The minimum atomic E-state index is -0.136. The predicted octanol–water partition coefficient (Wildman–Crippen LogP) is 3.33. The van der Waals surface area contributed by atoms with E-state index in [2.05, 4.69) is 25.2 Å². The van der Waals surface area contributed by atoms with Crippen LogP contribution in [0, 0.1) is 0 Å². The Hall–Kier alpha value is -2.49. The van der Waals surface area contributed by atoms with Crippen LogP contribution in [0.25, 0.3) is 0 Å². The van der Waals surface area contributed by atoms with Crippen molar-refractivity contribution >= 4 is 11.6 Å². The van der Waals surface area contributed by atoms with E-state index in [1.165, 1.54) is 5.56 Å². The average molecular weight is 338 g/mol. The molecule has 1 aliphatic heterocycles. The zero-order valence-corrected chi connectivity index (χ0v) is 15.4. The Labute approximate surface area is 149 Å². The van der Waals surface area contributed by atoms with Crippen LogP contribution in [0.2, 0.25) is 0 Å². The summed E-state index contributed by atoms with van der Waals surface area (Å²) in [5, 5.41) is 3.01. The van der Waals surface area contributed by atoms with Gasteiger partial charge in [-0.3, -0.25) is 4.79 Å². The van der Waals surface area contributed by atoms with Gasteiger partial charge in [-0.15, -0.1) is 0 Å². The molecule has 0 radical (unpaired) electrons. The normalized spacial score (nSPS) is 14.6. The van der Waals surface area contributed by atoms with Gasteiger partial charge in [0.15, 0.2) is 0 Å². The van der Waals surface area contributed by atoms with Crippen LogP contribution in [0.1, 0.15) is 30.5 Å². The Kier molecular flexibility index (Phi) is 4.71. The van der Waals surface area contributed by atoms with Crippen molar-refractivity contribution < 1.29 is 9.53 Å². The number of amides is 1. The summed E-state index contributed by atoms with van der Waals surface area (Å²) in [6.07, 6.45) is 1.30. The summed E-state index contributed by atoms with van der Waals surface area (Å²) in [5.74, 6) is 0.996. The van der Waals surface area contributed by atoms with Crippen LogP contribution >= 0.6 is 0 Å². The van der Waals surface area contributed by atoms with Crippen LogP contribution in [0.15, 0.2) is 42.5 Å². The van der Waals surface area contributed by atoms with Crippen LogP contribution < -0.4 is 15.0 Å². The molecular weight excluding hydrogens is 312 g/mol. The lowest BCUT2D eigenvalue weighted by atomic mass is 10.0. The summed E-state index contributed by atoms with van der Waals surface area (Å²) in [7, 11) is 4.01.